The molecule has 0 aromatic carbocycles. The average Bonchev–Trinajstić information content (AvgIpc) is 2.11. The Kier molecular flexibility index (Phi) is 3.87. The van der Waals surface area contributed by atoms with Gasteiger partial charge in [0.25, 0.3) is 0 Å². The highest BCUT2D eigenvalue weighted by molar-refractivity contribution is 5.95. The molecule has 1 atom stereocenters. The van der Waals surface area contributed by atoms with Gasteiger partial charge in [0.2, 0.25) is 0 Å². The number of unbranched alkanes of at least 4 members (excludes halogenated alkanes) is 1. The molecule has 0 fully saturated rings. The summed E-state index contributed by atoms with van der Waals surface area (Å²) in [6.45, 7) is 7.46. The van der Waals surface area contributed by atoms with Crippen molar-refractivity contribution in [3.8, 4) is 0 Å². The van der Waals surface area contributed by atoms with E-state index in [1.807, 2.05) is 6.08 Å². The molecule has 1 aliphatic carbocycles. The van der Waals surface area contributed by atoms with Gasteiger partial charge in [0, 0.05) is 0 Å². The highest BCUT2D eigenvalue weighted by Crippen LogP contribution is 2.28. The van der Waals surface area contributed by atoms with Crippen molar-refractivity contribution in [3.63, 3.8) is 0 Å². The molecule has 0 amide bonds. The van der Waals surface area contributed by atoms with Gasteiger partial charge in [-0.05, 0) is 30.9 Å². The number of ketones is 1. The Balaban J connectivity index is 2.45. The predicted molar refractivity (Wildman–Crippen MR) is 59.2 cm³/mol. The molecule has 0 saturated heterocycles. The molecule has 0 radical (unpaired) electrons. The molecule has 0 bridgehead atoms. The third-order valence-corrected chi connectivity index (χ3v) is 2.69. The van der Waals surface area contributed by atoms with Crippen LogP contribution < -0.4 is 5.32 Å². The van der Waals surface area contributed by atoms with Crippen molar-refractivity contribution in [2.75, 3.05) is 6.54 Å². The molecule has 1 N–H and O–H groups in total. The Labute approximate surface area is 86.8 Å². The lowest BCUT2D eigenvalue weighted by Crippen LogP contribution is -2.42. The molecule has 0 spiro atoms. The summed E-state index contributed by atoms with van der Waals surface area (Å²) < 4.78 is 0. The zero-order chi connectivity index (χ0) is 10.6. The quantitative estimate of drug-likeness (QED) is 0.697. The first-order valence-electron chi connectivity index (χ1n) is 5.51. The van der Waals surface area contributed by atoms with Crippen molar-refractivity contribution >= 4 is 5.78 Å². The summed E-state index contributed by atoms with van der Waals surface area (Å²) in [7, 11) is 0. The molecule has 1 aliphatic rings. The van der Waals surface area contributed by atoms with Crippen molar-refractivity contribution in [3.05, 3.63) is 12.2 Å². The molecule has 0 aromatic heterocycles. The Bertz CT molecular complexity index is 230. The van der Waals surface area contributed by atoms with Gasteiger partial charge in [-0.3, -0.25) is 4.79 Å². The summed E-state index contributed by atoms with van der Waals surface area (Å²) >= 11 is 0. The molecule has 80 valence electrons. The fourth-order valence-electron chi connectivity index (χ4n) is 1.74. The van der Waals surface area contributed by atoms with Crippen LogP contribution in [0.25, 0.3) is 0 Å². The monoisotopic (exact) mass is 195 g/mol. The van der Waals surface area contributed by atoms with Crippen LogP contribution in [0.2, 0.25) is 0 Å². The number of allylic oxidation sites excluding steroid dienone is 1. The number of hydrogen-bond acceptors (Lipinski definition) is 2. The molecule has 0 heterocycles. The number of rotatable bonds is 4. The van der Waals surface area contributed by atoms with Gasteiger partial charge in [-0.25, -0.2) is 0 Å². The van der Waals surface area contributed by atoms with Crippen LogP contribution in [0, 0.1) is 5.41 Å². The average molecular weight is 195 g/mol. The largest absolute Gasteiger partial charge is 0.307 e. The van der Waals surface area contributed by atoms with E-state index in [4.69, 9.17) is 0 Å². The van der Waals surface area contributed by atoms with Crippen LogP contribution in [0.3, 0.4) is 0 Å². The minimum Gasteiger partial charge on any atom is -0.307 e. The van der Waals surface area contributed by atoms with Gasteiger partial charge in [0.15, 0.2) is 5.78 Å². The van der Waals surface area contributed by atoms with Crippen LogP contribution in [-0.4, -0.2) is 18.4 Å². The highest BCUT2D eigenvalue weighted by Gasteiger charge is 2.28. The minimum absolute atomic E-state index is 0.0431. The van der Waals surface area contributed by atoms with E-state index in [-0.39, 0.29) is 17.2 Å². The molecule has 0 saturated carbocycles. The zero-order valence-electron chi connectivity index (χ0n) is 9.47. The van der Waals surface area contributed by atoms with Gasteiger partial charge in [-0.1, -0.05) is 33.3 Å². The van der Waals surface area contributed by atoms with Gasteiger partial charge in [-0.2, -0.15) is 0 Å². The SMILES string of the molecule is CCCCNC1CC(C)(C)C=CC1=O. The number of nitrogens with one attached hydrogen (secondary N) is 1. The maximum Gasteiger partial charge on any atom is 0.172 e. The third kappa shape index (κ3) is 3.26. The maximum absolute atomic E-state index is 11.5. The van der Waals surface area contributed by atoms with E-state index < -0.39 is 0 Å². The lowest BCUT2D eigenvalue weighted by atomic mass is 9.80. The van der Waals surface area contributed by atoms with Gasteiger partial charge in [-0.15, -0.1) is 0 Å². The first kappa shape index (κ1) is 11.4. The molecule has 2 heteroatoms. The normalized spacial score (nSPS) is 25.4. The Morgan fingerprint density at radius 2 is 2.29 bits per heavy atom. The van der Waals surface area contributed by atoms with E-state index in [1.54, 1.807) is 6.08 Å². The molecular weight excluding hydrogens is 174 g/mol. The van der Waals surface area contributed by atoms with E-state index in [0.29, 0.717) is 0 Å². The summed E-state index contributed by atoms with van der Waals surface area (Å²) in [4.78, 5) is 11.5. The molecule has 0 aliphatic heterocycles. The fraction of sp³-hybridized carbons (Fsp3) is 0.750. The number of hydrogen-bond donors (Lipinski definition) is 1. The number of carbonyl (C=O) groups is 1. The summed E-state index contributed by atoms with van der Waals surface area (Å²) in [5, 5.41) is 3.33. The first-order valence-corrected chi connectivity index (χ1v) is 5.51. The van der Waals surface area contributed by atoms with Crippen LogP contribution in [-0.2, 0) is 4.79 Å². The second-order valence-electron chi connectivity index (χ2n) is 4.79. The standard InChI is InChI=1S/C12H21NO/c1-4-5-8-13-10-9-12(2,3)7-6-11(10)14/h6-7,10,13H,4-5,8-9H2,1-3H3. The maximum atomic E-state index is 11.5. The molecule has 0 aromatic rings. The van der Waals surface area contributed by atoms with E-state index in [9.17, 15) is 4.79 Å². The zero-order valence-corrected chi connectivity index (χ0v) is 9.47. The summed E-state index contributed by atoms with van der Waals surface area (Å²) in [6.07, 6.45) is 6.99. The topological polar surface area (TPSA) is 29.1 Å². The Morgan fingerprint density at radius 3 is 2.93 bits per heavy atom. The van der Waals surface area contributed by atoms with E-state index >= 15 is 0 Å². The van der Waals surface area contributed by atoms with Crippen LogP contribution in [0.1, 0.15) is 40.0 Å². The predicted octanol–water partition coefficient (Wildman–Crippen LogP) is 2.30. The van der Waals surface area contributed by atoms with E-state index in [0.717, 1.165) is 19.4 Å². The number of carbonyl (C=O) groups excluding carboxylic acids is 1. The van der Waals surface area contributed by atoms with E-state index in [2.05, 4.69) is 26.1 Å². The van der Waals surface area contributed by atoms with Gasteiger partial charge in [0.05, 0.1) is 6.04 Å². The van der Waals surface area contributed by atoms with Crippen LogP contribution >= 0.6 is 0 Å². The second-order valence-corrected chi connectivity index (χ2v) is 4.79. The van der Waals surface area contributed by atoms with Crippen LogP contribution in [0.15, 0.2) is 12.2 Å². The molecule has 2 nitrogen and oxygen atoms in total. The van der Waals surface area contributed by atoms with Crippen molar-refractivity contribution in [2.24, 2.45) is 5.41 Å². The van der Waals surface area contributed by atoms with Gasteiger partial charge in [0.1, 0.15) is 0 Å². The summed E-state index contributed by atoms with van der Waals surface area (Å²) in [5.74, 6) is 0.237. The Hall–Kier alpha value is -0.630. The smallest absolute Gasteiger partial charge is 0.172 e. The molecule has 1 rings (SSSR count). The lowest BCUT2D eigenvalue weighted by molar-refractivity contribution is -0.117. The lowest BCUT2D eigenvalue weighted by Gasteiger charge is -2.30. The van der Waals surface area contributed by atoms with Crippen molar-refractivity contribution < 1.29 is 4.79 Å². The Morgan fingerprint density at radius 1 is 1.57 bits per heavy atom. The third-order valence-electron chi connectivity index (χ3n) is 2.69. The molecule has 14 heavy (non-hydrogen) atoms. The fourth-order valence-corrected chi connectivity index (χ4v) is 1.74. The minimum atomic E-state index is 0.0431. The van der Waals surface area contributed by atoms with Gasteiger partial charge >= 0.3 is 0 Å². The summed E-state index contributed by atoms with van der Waals surface area (Å²) in [6, 6.07) is 0.0431. The van der Waals surface area contributed by atoms with Crippen molar-refractivity contribution in [2.45, 2.75) is 46.1 Å². The van der Waals surface area contributed by atoms with Crippen LogP contribution in [0.5, 0.6) is 0 Å². The first-order chi connectivity index (χ1) is 6.55. The van der Waals surface area contributed by atoms with Crippen molar-refractivity contribution in [1.82, 2.24) is 5.32 Å². The second kappa shape index (κ2) is 4.74. The van der Waals surface area contributed by atoms with Gasteiger partial charge < -0.3 is 5.32 Å². The molecule has 1 unspecified atom stereocenters. The highest BCUT2D eigenvalue weighted by atomic mass is 16.1. The summed E-state index contributed by atoms with van der Waals surface area (Å²) in [5.41, 5.74) is 0.164. The van der Waals surface area contributed by atoms with Crippen LogP contribution in [0.4, 0.5) is 0 Å². The molecular formula is C12H21NO. The van der Waals surface area contributed by atoms with E-state index in [1.165, 1.54) is 6.42 Å². The van der Waals surface area contributed by atoms with Crippen molar-refractivity contribution in [1.29, 1.82) is 0 Å².